The molecular weight excluding hydrogens is 436 g/mol. The molecule has 0 saturated heterocycles. The van der Waals surface area contributed by atoms with Gasteiger partial charge < -0.3 is 14.8 Å². The van der Waals surface area contributed by atoms with Gasteiger partial charge in [-0.2, -0.15) is 0 Å². The van der Waals surface area contributed by atoms with Gasteiger partial charge in [0.15, 0.2) is 0 Å². The Morgan fingerprint density at radius 2 is 1.96 bits per heavy atom. The number of primary sulfonamides is 1. The number of carbonyl (C=O) groups is 1. The third-order valence-corrected chi connectivity index (χ3v) is 5.25. The maximum absolute atomic E-state index is 12.9. The number of Topliss-reactive ketones (excluding diaryl/α,β-unsaturated/α-hetero) is 1. The number of halogens is 1. The number of ketones is 1. The number of rotatable bonds is 5. The third-order valence-electron chi connectivity index (χ3n) is 3.83. The van der Waals surface area contributed by atoms with Crippen molar-refractivity contribution in [1.29, 1.82) is 0 Å². The first kappa shape index (κ1) is 19.6. The highest BCUT2D eigenvalue weighted by Gasteiger charge is 2.32. The minimum absolute atomic E-state index is 0.00347. The molecule has 0 aromatic heterocycles. The van der Waals surface area contributed by atoms with E-state index in [4.69, 9.17) is 14.6 Å². The van der Waals surface area contributed by atoms with Gasteiger partial charge in [0.05, 0.1) is 16.0 Å². The van der Waals surface area contributed by atoms with Crippen LogP contribution in [0, 0.1) is 0 Å². The number of ether oxygens (including phenoxy) is 2. The minimum Gasteiger partial charge on any atom is -0.460 e. The molecule has 7 nitrogen and oxygen atoms in total. The third kappa shape index (κ3) is 4.38. The topological polar surface area (TPSA) is 108 Å². The molecule has 9 heteroatoms. The highest BCUT2D eigenvalue weighted by atomic mass is 79.9. The lowest BCUT2D eigenvalue weighted by Crippen LogP contribution is -2.33. The molecule has 0 radical (unpaired) electrons. The van der Waals surface area contributed by atoms with Crippen LogP contribution in [0.25, 0.3) is 0 Å². The van der Waals surface area contributed by atoms with Gasteiger partial charge in [-0.25, -0.2) is 13.6 Å². The van der Waals surface area contributed by atoms with Gasteiger partial charge in [-0.05, 0) is 49.4 Å². The van der Waals surface area contributed by atoms with Crippen LogP contribution >= 0.6 is 15.9 Å². The molecule has 1 aliphatic rings. The lowest BCUT2D eigenvalue weighted by Gasteiger charge is -2.27. The Hall–Kier alpha value is -2.20. The Balaban J connectivity index is 1.89. The van der Waals surface area contributed by atoms with Crippen LogP contribution in [0.4, 0.5) is 5.69 Å². The number of fused-ring (bicyclic) bond motifs is 1. The van der Waals surface area contributed by atoms with Crippen molar-refractivity contribution in [3.05, 3.63) is 64.3 Å². The lowest BCUT2D eigenvalue weighted by molar-refractivity contribution is -0.0509. The molecule has 0 amide bonds. The summed E-state index contributed by atoms with van der Waals surface area (Å²) >= 11 is 3.35. The van der Waals surface area contributed by atoms with Crippen molar-refractivity contribution in [2.24, 2.45) is 5.14 Å². The summed E-state index contributed by atoms with van der Waals surface area (Å²) in [4.78, 5) is 12.9. The van der Waals surface area contributed by atoms with Crippen LogP contribution in [0.1, 0.15) is 17.3 Å². The fourth-order valence-corrected chi connectivity index (χ4v) is 3.41. The summed E-state index contributed by atoms with van der Waals surface area (Å²) in [5.74, 6) is 0.237. The number of hydrogen-bond acceptors (Lipinski definition) is 6. The van der Waals surface area contributed by atoms with Gasteiger partial charge in [0.1, 0.15) is 5.75 Å². The van der Waals surface area contributed by atoms with E-state index in [9.17, 15) is 13.2 Å². The van der Waals surface area contributed by atoms with Crippen molar-refractivity contribution in [1.82, 2.24) is 0 Å². The Kier molecular flexibility index (Phi) is 5.66. The molecule has 0 fully saturated rings. The number of hydrogen-bond donors (Lipinski definition) is 2. The number of nitrogens with two attached hydrogens (primary N) is 1. The van der Waals surface area contributed by atoms with Crippen molar-refractivity contribution in [2.45, 2.75) is 18.1 Å². The zero-order valence-electron chi connectivity index (χ0n) is 14.3. The summed E-state index contributed by atoms with van der Waals surface area (Å²) in [6.07, 6.45) is 0.658. The fourth-order valence-electron chi connectivity index (χ4n) is 2.53. The SMILES string of the molecule is CCOC1Oc2ccc(Br)cc2C(=O)/C1=C/Nc1ccc(S(N)(=O)=O)cc1. The number of anilines is 1. The molecule has 0 bridgehead atoms. The highest BCUT2D eigenvalue weighted by molar-refractivity contribution is 9.10. The van der Waals surface area contributed by atoms with E-state index in [1.807, 2.05) is 6.92 Å². The van der Waals surface area contributed by atoms with E-state index in [1.54, 1.807) is 30.3 Å². The minimum atomic E-state index is -3.76. The second kappa shape index (κ2) is 7.81. The summed E-state index contributed by atoms with van der Waals surface area (Å²) in [6, 6.07) is 11.0. The summed E-state index contributed by atoms with van der Waals surface area (Å²) in [6.45, 7) is 2.17. The standard InChI is InChI=1S/C18H17BrN2O5S/c1-2-25-18-15(17(22)14-9-11(19)3-8-16(14)26-18)10-21-12-4-6-13(7-5-12)27(20,23)24/h3-10,18,21H,2H2,1H3,(H2,20,23,24)/b15-10-. The first-order chi connectivity index (χ1) is 12.8. The monoisotopic (exact) mass is 452 g/mol. The molecule has 1 heterocycles. The van der Waals surface area contributed by atoms with Gasteiger partial charge in [0.25, 0.3) is 0 Å². The van der Waals surface area contributed by atoms with Crippen molar-refractivity contribution in [3.8, 4) is 5.75 Å². The maximum atomic E-state index is 12.9. The van der Waals surface area contributed by atoms with Crippen LogP contribution < -0.4 is 15.2 Å². The Labute approximate surface area is 165 Å². The van der Waals surface area contributed by atoms with Crippen LogP contribution in [-0.2, 0) is 14.8 Å². The van der Waals surface area contributed by atoms with Crippen molar-refractivity contribution >= 4 is 37.4 Å². The number of carbonyl (C=O) groups excluding carboxylic acids is 1. The quantitative estimate of drug-likeness (QED) is 0.674. The van der Waals surface area contributed by atoms with E-state index in [-0.39, 0.29) is 10.7 Å². The van der Waals surface area contributed by atoms with Crippen molar-refractivity contribution in [2.75, 3.05) is 11.9 Å². The van der Waals surface area contributed by atoms with Gasteiger partial charge in [-0.3, -0.25) is 4.79 Å². The molecule has 3 rings (SSSR count). The summed E-state index contributed by atoms with van der Waals surface area (Å²) in [5, 5.41) is 8.05. The van der Waals surface area contributed by atoms with Gasteiger partial charge in [0.2, 0.25) is 22.1 Å². The molecule has 3 N–H and O–H groups in total. The summed E-state index contributed by atoms with van der Waals surface area (Å²) < 4.78 is 34.7. The molecule has 27 heavy (non-hydrogen) atoms. The van der Waals surface area contributed by atoms with E-state index in [1.165, 1.54) is 18.3 Å². The molecule has 0 spiro atoms. The molecule has 2 aromatic rings. The number of nitrogens with one attached hydrogen (secondary N) is 1. The second-order valence-corrected chi connectivity index (χ2v) is 8.17. The molecule has 0 saturated carbocycles. The van der Waals surface area contributed by atoms with Crippen LogP contribution in [0.2, 0.25) is 0 Å². The molecular formula is C18H17BrN2O5S. The number of benzene rings is 2. The van der Waals surface area contributed by atoms with E-state index < -0.39 is 16.3 Å². The molecule has 142 valence electrons. The Bertz CT molecular complexity index is 1000. The number of sulfonamides is 1. The zero-order chi connectivity index (χ0) is 19.6. The molecule has 2 aromatic carbocycles. The second-order valence-electron chi connectivity index (χ2n) is 5.69. The van der Waals surface area contributed by atoms with Gasteiger partial charge in [-0.1, -0.05) is 15.9 Å². The van der Waals surface area contributed by atoms with Crippen molar-refractivity contribution < 1.29 is 22.7 Å². The largest absolute Gasteiger partial charge is 0.460 e. The predicted molar refractivity (Wildman–Crippen MR) is 104 cm³/mol. The van der Waals surface area contributed by atoms with E-state index in [0.717, 1.165) is 4.47 Å². The van der Waals surface area contributed by atoms with Gasteiger partial charge >= 0.3 is 0 Å². The first-order valence-corrected chi connectivity index (χ1v) is 10.4. The fraction of sp³-hybridized carbons (Fsp3) is 0.167. The molecule has 1 atom stereocenters. The normalized spacial score (nSPS) is 18.1. The van der Waals surface area contributed by atoms with Gasteiger partial charge in [0, 0.05) is 23.0 Å². The summed E-state index contributed by atoms with van der Waals surface area (Å²) in [7, 11) is -3.76. The van der Waals surface area contributed by atoms with E-state index in [2.05, 4.69) is 21.2 Å². The molecule has 1 aliphatic heterocycles. The zero-order valence-corrected chi connectivity index (χ0v) is 16.7. The van der Waals surface area contributed by atoms with E-state index in [0.29, 0.717) is 29.2 Å². The van der Waals surface area contributed by atoms with Crippen LogP contribution in [0.3, 0.4) is 0 Å². The molecule has 0 aliphatic carbocycles. The first-order valence-electron chi connectivity index (χ1n) is 8.01. The smallest absolute Gasteiger partial charge is 0.238 e. The maximum Gasteiger partial charge on any atom is 0.238 e. The van der Waals surface area contributed by atoms with Crippen LogP contribution in [-0.4, -0.2) is 27.1 Å². The highest BCUT2D eigenvalue weighted by Crippen LogP contribution is 2.33. The van der Waals surface area contributed by atoms with Crippen LogP contribution in [0.5, 0.6) is 5.75 Å². The van der Waals surface area contributed by atoms with Gasteiger partial charge in [-0.15, -0.1) is 0 Å². The Morgan fingerprint density at radius 1 is 1.26 bits per heavy atom. The van der Waals surface area contributed by atoms with Crippen LogP contribution in [0.15, 0.2) is 63.6 Å². The van der Waals surface area contributed by atoms with Crippen molar-refractivity contribution in [3.63, 3.8) is 0 Å². The average Bonchev–Trinajstić information content (AvgIpc) is 2.62. The molecule has 1 unspecified atom stereocenters. The lowest BCUT2D eigenvalue weighted by atomic mass is 10.00. The predicted octanol–water partition coefficient (Wildman–Crippen LogP) is 3.03. The van der Waals surface area contributed by atoms with E-state index >= 15 is 0 Å². The average molecular weight is 453 g/mol. The Morgan fingerprint density at radius 3 is 2.59 bits per heavy atom. The summed E-state index contributed by atoms with van der Waals surface area (Å²) in [5.41, 5.74) is 1.31.